The van der Waals surface area contributed by atoms with E-state index >= 15 is 0 Å². The molecule has 0 radical (unpaired) electrons. The molecule has 3 amide bonds. The van der Waals surface area contributed by atoms with Gasteiger partial charge in [0.25, 0.3) is 11.8 Å². The first-order valence-electron chi connectivity index (χ1n) is 8.58. The summed E-state index contributed by atoms with van der Waals surface area (Å²) < 4.78 is 4.83. The molecule has 1 aliphatic rings. The van der Waals surface area contributed by atoms with Crippen molar-refractivity contribution in [2.24, 2.45) is 0 Å². The van der Waals surface area contributed by atoms with Gasteiger partial charge < -0.3 is 20.7 Å². The summed E-state index contributed by atoms with van der Waals surface area (Å²) >= 11 is 1.27. The van der Waals surface area contributed by atoms with E-state index in [9.17, 15) is 19.2 Å². The molecule has 0 aliphatic heterocycles. The molecule has 26 heavy (non-hydrogen) atoms. The highest BCUT2D eigenvalue weighted by molar-refractivity contribution is 7.12. The van der Waals surface area contributed by atoms with Crippen LogP contribution in [0, 0.1) is 0 Å². The summed E-state index contributed by atoms with van der Waals surface area (Å²) in [5.74, 6) is -1.91. The molecule has 1 fully saturated rings. The maximum atomic E-state index is 11.7. The number of hydrogen-bond donors (Lipinski definition) is 3. The van der Waals surface area contributed by atoms with Crippen molar-refractivity contribution in [3.05, 3.63) is 22.4 Å². The number of hydrogen-bond acceptors (Lipinski definition) is 6. The second kappa shape index (κ2) is 10.5. The number of amides is 3. The molecule has 1 aliphatic carbocycles. The molecule has 1 aromatic rings. The zero-order valence-electron chi connectivity index (χ0n) is 14.4. The van der Waals surface area contributed by atoms with Crippen molar-refractivity contribution >= 4 is 35.0 Å². The molecule has 0 atom stereocenters. The van der Waals surface area contributed by atoms with Crippen molar-refractivity contribution in [1.82, 2.24) is 16.0 Å². The van der Waals surface area contributed by atoms with Crippen LogP contribution in [0.15, 0.2) is 17.5 Å². The second-order valence-corrected chi connectivity index (χ2v) is 6.95. The number of rotatable bonds is 8. The Morgan fingerprint density at radius 3 is 2.50 bits per heavy atom. The van der Waals surface area contributed by atoms with Crippen LogP contribution in [0.4, 0.5) is 0 Å². The molecular formula is C17H23N3O5S. The summed E-state index contributed by atoms with van der Waals surface area (Å²) in [6, 6.07) is 3.54. The lowest BCUT2D eigenvalue weighted by Gasteiger charge is -2.22. The minimum atomic E-state index is -0.707. The molecule has 142 valence electrons. The van der Waals surface area contributed by atoms with Crippen LogP contribution in [0.25, 0.3) is 0 Å². The highest BCUT2D eigenvalue weighted by Gasteiger charge is 2.17. The molecule has 8 nitrogen and oxygen atoms in total. The third-order valence-electron chi connectivity index (χ3n) is 3.92. The maximum Gasteiger partial charge on any atom is 0.325 e. The largest absolute Gasteiger partial charge is 0.454 e. The fourth-order valence-electron chi connectivity index (χ4n) is 2.60. The monoisotopic (exact) mass is 381 g/mol. The minimum Gasteiger partial charge on any atom is -0.454 e. The quantitative estimate of drug-likeness (QED) is 0.570. The van der Waals surface area contributed by atoms with Gasteiger partial charge in [-0.1, -0.05) is 25.3 Å². The lowest BCUT2D eigenvalue weighted by molar-refractivity contribution is -0.148. The Kier molecular flexibility index (Phi) is 8.07. The SMILES string of the molecule is O=C(CNC(=O)c1cccs1)NCC(=O)OCC(=O)NC1CCCCC1. The minimum absolute atomic E-state index is 0.154. The summed E-state index contributed by atoms with van der Waals surface area (Å²) in [6.07, 6.45) is 5.29. The Labute approximate surface area is 155 Å². The van der Waals surface area contributed by atoms with E-state index in [1.165, 1.54) is 17.8 Å². The molecule has 3 N–H and O–H groups in total. The lowest BCUT2D eigenvalue weighted by atomic mass is 9.95. The first-order valence-corrected chi connectivity index (χ1v) is 9.46. The van der Waals surface area contributed by atoms with Crippen LogP contribution in [-0.4, -0.2) is 49.4 Å². The van der Waals surface area contributed by atoms with Gasteiger partial charge in [0.15, 0.2) is 6.61 Å². The smallest absolute Gasteiger partial charge is 0.325 e. The molecule has 0 spiro atoms. The summed E-state index contributed by atoms with van der Waals surface area (Å²) in [6.45, 7) is -0.961. The number of thiophene rings is 1. The van der Waals surface area contributed by atoms with E-state index in [4.69, 9.17) is 4.74 Å². The number of esters is 1. The van der Waals surface area contributed by atoms with Gasteiger partial charge in [0.1, 0.15) is 6.54 Å². The molecule has 1 saturated carbocycles. The van der Waals surface area contributed by atoms with E-state index in [1.807, 2.05) is 0 Å². The molecule has 0 unspecified atom stereocenters. The second-order valence-electron chi connectivity index (χ2n) is 6.00. The third-order valence-corrected chi connectivity index (χ3v) is 4.79. The number of carbonyl (C=O) groups is 4. The number of ether oxygens (including phenoxy) is 1. The normalized spacial score (nSPS) is 14.3. The number of nitrogens with one attached hydrogen (secondary N) is 3. The average molecular weight is 381 g/mol. The molecule has 0 saturated heterocycles. The highest BCUT2D eigenvalue weighted by atomic mass is 32.1. The van der Waals surface area contributed by atoms with Gasteiger partial charge in [-0.3, -0.25) is 19.2 Å². The van der Waals surface area contributed by atoms with Crippen LogP contribution in [0.5, 0.6) is 0 Å². The van der Waals surface area contributed by atoms with Crippen molar-refractivity contribution in [2.45, 2.75) is 38.1 Å². The van der Waals surface area contributed by atoms with Gasteiger partial charge in [-0.2, -0.15) is 0 Å². The van der Waals surface area contributed by atoms with Crippen molar-refractivity contribution in [3.63, 3.8) is 0 Å². The van der Waals surface area contributed by atoms with Crippen LogP contribution in [0.1, 0.15) is 41.8 Å². The summed E-state index contributed by atoms with van der Waals surface area (Å²) in [4.78, 5) is 47.1. The first-order chi connectivity index (χ1) is 12.5. The van der Waals surface area contributed by atoms with E-state index in [1.54, 1.807) is 17.5 Å². The van der Waals surface area contributed by atoms with Crippen molar-refractivity contribution in [2.75, 3.05) is 19.7 Å². The van der Waals surface area contributed by atoms with Gasteiger partial charge in [-0.15, -0.1) is 11.3 Å². The van der Waals surface area contributed by atoms with Gasteiger partial charge >= 0.3 is 5.97 Å². The van der Waals surface area contributed by atoms with Crippen molar-refractivity contribution in [3.8, 4) is 0 Å². The Morgan fingerprint density at radius 2 is 1.81 bits per heavy atom. The first kappa shape index (κ1) is 19.9. The van der Waals surface area contributed by atoms with E-state index in [2.05, 4.69) is 16.0 Å². The molecule has 0 bridgehead atoms. The standard InChI is InChI=1S/C17H23N3O5S/c21-14(9-19-17(24)13-7-4-8-26-13)18-10-16(23)25-11-15(22)20-12-5-2-1-3-6-12/h4,7-8,12H,1-3,5-6,9-11H2,(H,18,21)(H,19,24)(H,20,22). The van der Waals surface area contributed by atoms with Crippen molar-refractivity contribution in [1.29, 1.82) is 0 Å². The average Bonchev–Trinajstić information content (AvgIpc) is 3.18. The maximum absolute atomic E-state index is 11.7. The Bertz CT molecular complexity index is 626. The number of carbonyl (C=O) groups excluding carboxylic acids is 4. The van der Waals surface area contributed by atoms with Gasteiger partial charge in [0.2, 0.25) is 5.91 Å². The van der Waals surface area contributed by atoms with E-state index in [0.717, 1.165) is 25.7 Å². The predicted octanol–water partition coefficient (Wildman–Crippen LogP) is 0.586. The van der Waals surface area contributed by atoms with Crippen molar-refractivity contribution < 1.29 is 23.9 Å². The highest BCUT2D eigenvalue weighted by Crippen LogP contribution is 2.17. The fourth-order valence-corrected chi connectivity index (χ4v) is 3.24. The third kappa shape index (κ3) is 7.22. The van der Waals surface area contributed by atoms with Crippen LogP contribution in [0.3, 0.4) is 0 Å². The fraction of sp³-hybridized carbons (Fsp3) is 0.529. The van der Waals surface area contributed by atoms with E-state index in [0.29, 0.717) is 4.88 Å². The van der Waals surface area contributed by atoms with Crippen LogP contribution in [-0.2, 0) is 19.1 Å². The molecule has 1 heterocycles. The molecule has 9 heteroatoms. The van der Waals surface area contributed by atoms with Crippen LogP contribution in [0.2, 0.25) is 0 Å². The molecule has 2 rings (SSSR count). The summed E-state index contributed by atoms with van der Waals surface area (Å²) in [5, 5.41) is 9.37. The van der Waals surface area contributed by atoms with Gasteiger partial charge in [-0.25, -0.2) is 0 Å². The topological polar surface area (TPSA) is 114 Å². The van der Waals surface area contributed by atoms with Gasteiger partial charge in [-0.05, 0) is 24.3 Å². The Balaban J connectivity index is 1.55. The van der Waals surface area contributed by atoms with Crippen LogP contribution >= 0.6 is 11.3 Å². The molecule has 1 aromatic heterocycles. The molecule has 0 aromatic carbocycles. The Morgan fingerprint density at radius 1 is 1.04 bits per heavy atom. The van der Waals surface area contributed by atoms with E-state index in [-0.39, 0.29) is 37.6 Å². The van der Waals surface area contributed by atoms with Crippen LogP contribution < -0.4 is 16.0 Å². The van der Waals surface area contributed by atoms with E-state index < -0.39 is 11.9 Å². The predicted molar refractivity (Wildman–Crippen MR) is 95.6 cm³/mol. The van der Waals surface area contributed by atoms with Gasteiger partial charge in [0.05, 0.1) is 11.4 Å². The molecular weight excluding hydrogens is 358 g/mol. The van der Waals surface area contributed by atoms with Gasteiger partial charge in [0, 0.05) is 6.04 Å². The summed E-state index contributed by atoms with van der Waals surface area (Å²) in [7, 11) is 0. The Hall–Kier alpha value is -2.42. The zero-order valence-corrected chi connectivity index (χ0v) is 15.2. The lowest BCUT2D eigenvalue weighted by Crippen LogP contribution is -2.41. The zero-order chi connectivity index (χ0) is 18.8. The summed E-state index contributed by atoms with van der Waals surface area (Å²) in [5.41, 5.74) is 0.